The van der Waals surface area contributed by atoms with Crippen LogP contribution in [-0.4, -0.2) is 25.4 Å². The Kier molecular flexibility index (Phi) is 8.21. The topological polar surface area (TPSA) is 140 Å². The second kappa shape index (κ2) is 11.0. The first-order valence-corrected chi connectivity index (χ1v) is 12.5. The van der Waals surface area contributed by atoms with Crippen LogP contribution in [0.25, 0.3) is 11.1 Å². The number of amides is 1. The SMILES string of the molecule is CC(C)C[C@@H](CC(=O)Nc1ccc(-c2ccccc2S(N)(=O)=O)cc1)Nc1c(F)c(N)nc(F)c1F. The van der Waals surface area contributed by atoms with Crippen LogP contribution in [0, 0.1) is 23.5 Å². The van der Waals surface area contributed by atoms with E-state index < -0.39 is 51.1 Å². The van der Waals surface area contributed by atoms with E-state index in [1.807, 2.05) is 13.8 Å². The lowest BCUT2D eigenvalue weighted by molar-refractivity contribution is -0.116. The third kappa shape index (κ3) is 6.52. The smallest absolute Gasteiger partial charge is 0.253 e. The van der Waals surface area contributed by atoms with Gasteiger partial charge in [-0.25, -0.2) is 17.9 Å². The molecule has 192 valence electrons. The molecule has 1 aromatic heterocycles. The molecule has 0 saturated carbocycles. The minimum absolute atomic E-state index is 0.0305. The van der Waals surface area contributed by atoms with Crippen molar-refractivity contribution < 1.29 is 26.4 Å². The first kappa shape index (κ1) is 27.0. The molecule has 2 aromatic carbocycles. The molecule has 36 heavy (non-hydrogen) atoms. The second-order valence-electron chi connectivity index (χ2n) is 8.63. The molecular weight excluding hydrogens is 495 g/mol. The normalized spacial score (nSPS) is 12.4. The maximum absolute atomic E-state index is 14.3. The average Bonchev–Trinajstić information content (AvgIpc) is 2.80. The maximum atomic E-state index is 14.3. The molecule has 6 N–H and O–H groups in total. The number of nitrogens with one attached hydrogen (secondary N) is 2. The molecule has 3 rings (SSSR count). The van der Waals surface area contributed by atoms with Crippen molar-refractivity contribution in [1.29, 1.82) is 0 Å². The molecule has 1 atom stereocenters. The predicted molar refractivity (Wildman–Crippen MR) is 132 cm³/mol. The molecule has 0 aliphatic rings. The Labute approximate surface area is 207 Å². The van der Waals surface area contributed by atoms with Crippen molar-refractivity contribution in [3.63, 3.8) is 0 Å². The van der Waals surface area contributed by atoms with Crippen LogP contribution in [0.15, 0.2) is 53.4 Å². The molecule has 0 aliphatic carbocycles. The summed E-state index contributed by atoms with van der Waals surface area (Å²) in [4.78, 5) is 15.6. The molecule has 0 fully saturated rings. The van der Waals surface area contributed by atoms with Crippen molar-refractivity contribution in [2.75, 3.05) is 16.4 Å². The number of aromatic nitrogens is 1. The highest BCUT2D eigenvalue weighted by Gasteiger charge is 2.24. The van der Waals surface area contributed by atoms with E-state index >= 15 is 0 Å². The number of hydrogen-bond donors (Lipinski definition) is 4. The van der Waals surface area contributed by atoms with Crippen LogP contribution in [0.4, 0.5) is 30.4 Å². The van der Waals surface area contributed by atoms with Gasteiger partial charge in [0.05, 0.1) is 4.90 Å². The molecule has 1 heterocycles. The summed E-state index contributed by atoms with van der Waals surface area (Å²) in [6.07, 6.45) is 0.163. The standard InChI is InChI=1S/C24H26F3N5O3S/c1-13(2)11-16(31-22-20(25)23(27)32-24(28)21(22)26)12-19(33)30-15-9-7-14(8-10-15)17-5-3-4-6-18(17)36(29,34)35/h3-10,13,16H,11-12H2,1-2H3,(H,30,33)(H3,28,31,32)(H2,29,34,35)/t16-/m0/s1. The van der Waals surface area contributed by atoms with Gasteiger partial charge in [-0.2, -0.15) is 13.8 Å². The van der Waals surface area contributed by atoms with Crippen LogP contribution >= 0.6 is 0 Å². The van der Waals surface area contributed by atoms with Crippen LogP contribution in [0.5, 0.6) is 0 Å². The Hall–Kier alpha value is -3.64. The number of pyridine rings is 1. The van der Waals surface area contributed by atoms with Crippen molar-refractivity contribution >= 4 is 33.1 Å². The van der Waals surface area contributed by atoms with Crippen LogP contribution in [0.3, 0.4) is 0 Å². The van der Waals surface area contributed by atoms with Crippen LogP contribution in [-0.2, 0) is 14.8 Å². The van der Waals surface area contributed by atoms with Crippen molar-refractivity contribution in [3.05, 3.63) is 66.1 Å². The summed E-state index contributed by atoms with van der Waals surface area (Å²) in [5.41, 5.74) is 5.92. The Morgan fingerprint density at radius 3 is 2.28 bits per heavy atom. The van der Waals surface area contributed by atoms with Gasteiger partial charge in [-0.1, -0.05) is 44.2 Å². The molecule has 3 aromatic rings. The lowest BCUT2D eigenvalue weighted by atomic mass is 10.00. The quantitative estimate of drug-likeness (QED) is 0.310. The Morgan fingerprint density at radius 2 is 1.67 bits per heavy atom. The number of primary sulfonamides is 1. The van der Waals surface area contributed by atoms with E-state index in [9.17, 15) is 26.4 Å². The molecule has 12 heteroatoms. The highest BCUT2D eigenvalue weighted by Crippen LogP contribution is 2.29. The summed E-state index contributed by atoms with van der Waals surface area (Å²) >= 11 is 0. The van der Waals surface area contributed by atoms with Gasteiger partial charge in [0.2, 0.25) is 21.7 Å². The van der Waals surface area contributed by atoms with Crippen LogP contribution in [0.2, 0.25) is 0 Å². The first-order valence-electron chi connectivity index (χ1n) is 11.0. The summed E-state index contributed by atoms with van der Waals surface area (Å²) < 4.78 is 65.8. The van der Waals surface area contributed by atoms with Gasteiger partial charge in [-0.05, 0) is 36.1 Å². The molecular formula is C24H26F3N5O3S. The monoisotopic (exact) mass is 521 g/mol. The maximum Gasteiger partial charge on any atom is 0.253 e. The molecule has 0 bridgehead atoms. The van der Waals surface area contributed by atoms with E-state index in [1.165, 1.54) is 6.07 Å². The number of nitrogen functional groups attached to an aromatic ring is 1. The predicted octanol–water partition coefficient (Wildman–Crippen LogP) is 4.25. The molecule has 0 radical (unpaired) electrons. The van der Waals surface area contributed by atoms with E-state index in [1.54, 1.807) is 42.5 Å². The lowest BCUT2D eigenvalue weighted by Gasteiger charge is -2.22. The van der Waals surface area contributed by atoms with Crippen molar-refractivity contribution in [3.8, 4) is 11.1 Å². The largest absolute Gasteiger partial charge is 0.381 e. The molecule has 8 nitrogen and oxygen atoms in total. The molecule has 0 saturated heterocycles. The van der Waals surface area contributed by atoms with Gasteiger partial charge >= 0.3 is 0 Å². The van der Waals surface area contributed by atoms with Gasteiger partial charge in [-0.3, -0.25) is 4.79 Å². The number of carbonyl (C=O) groups is 1. The Bertz CT molecular complexity index is 1340. The molecule has 0 aliphatic heterocycles. The third-order valence-electron chi connectivity index (χ3n) is 5.27. The summed E-state index contributed by atoms with van der Waals surface area (Å²) in [5, 5.41) is 10.5. The van der Waals surface area contributed by atoms with E-state index in [4.69, 9.17) is 10.9 Å². The zero-order chi connectivity index (χ0) is 26.6. The third-order valence-corrected chi connectivity index (χ3v) is 6.24. The molecule has 0 spiro atoms. The van der Waals surface area contributed by atoms with E-state index in [-0.39, 0.29) is 17.2 Å². The minimum Gasteiger partial charge on any atom is -0.381 e. The first-order chi connectivity index (χ1) is 16.9. The fourth-order valence-corrected chi connectivity index (χ4v) is 4.51. The van der Waals surface area contributed by atoms with Gasteiger partial charge in [-0.15, -0.1) is 0 Å². The number of halogens is 3. The lowest BCUT2D eigenvalue weighted by Crippen LogP contribution is -2.29. The summed E-state index contributed by atoms with van der Waals surface area (Å²) in [7, 11) is -3.94. The van der Waals surface area contributed by atoms with Gasteiger partial charge < -0.3 is 16.4 Å². The van der Waals surface area contributed by atoms with E-state index in [2.05, 4.69) is 15.6 Å². The fraction of sp³-hybridized carbons (Fsp3) is 0.250. The fourth-order valence-electron chi connectivity index (χ4n) is 3.75. The zero-order valence-corrected chi connectivity index (χ0v) is 20.4. The van der Waals surface area contributed by atoms with Crippen LogP contribution < -0.4 is 21.5 Å². The van der Waals surface area contributed by atoms with E-state index in [0.717, 1.165) is 0 Å². The summed E-state index contributed by atoms with van der Waals surface area (Å²) in [5.74, 6) is -5.52. The Morgan fingerprint density at radius 1 is 1.03 bits per heavy atom. The van der Waals surface area contributed by atoms with Gasteiger partial charge in [0.15, 0.2) is 11.6 Å². The number of nitrogens with two attached hydrogens (primary N) is 2. The van der Waals surface area contributed by atoms with Gasteiger partial charge in [0.1, 0.15) is 5.69 Å². The highest BCUT2D eigenvalue weighted by atomic mass is 32.2. The number of benzene rings is 2. The van der Waals surface area contributed by atoms with E-state index in [0.29, 0.717) is 23.2 Å². The highest BCUT2D eigenvalue weighted by molar-refractivity contribution is 7.89. The molecule has 0 unspecified atom stereocenters. The van der Waals surface area contributed by atoms with Crippen molar-refractivity contribution in [2.24, 2.45) is 11.1 Å². The molecule has 1 amide bonds. The van der Waals surface area contributed by atoms with Crippen LogP contribution in [0.1, 0.15) is 26.7 Å². The number of hydrogen-bond acceptors (Lipinski definition) is 6. The Balaban J connectivity index is 1.76. The zero-order valence-electron chi connectivity index (χ0n) is 19.6. The number of anilines is 3. The average molecular weight is 522 g/mol. The number of sulfonamides is 1. The number of nitrogens with zero attached hydrogens (tertiary/aromatic N) is 1. The minimum atomic E-state index is -3.94. The number of rotatable bonds is 9. The summed E-state index contributed by atoms with van der Waals surface area (Å²) in [6.45, 7) is 3.72. The number of carbonyl (C=O) groups excluding carboxylic acids is 1. The van der Waals surface area contributed by atoms with Gasteiger partial charge in [0, 0.05) is 23.7 Å². The summed E-state index contributed by atoms with van der Waals surface area (Å²) in [6, 6.07) is 11.9. The van der Waals surface area contributed by atoms with Crippen molar-refractivity contribution in [2.45, 2.75) is 37.6 Å². The van der Waals surface area contributed by atoms with Crippen molar-refractivity contribution in [1.82, 2.24) is 4.98 Å². The van der Waals surface area contributed by atoms with Gasteiger partial charge in [0.25, 0.3) is 5.95 Å². The second-order valence-corrected chi connectivity index (χ2v) is 10.2.